The summed E-state index contributed by atoms with van der Waals surface area (Å²) >= 11 is 0. The van der Waals surface area contributed by atoms with Crippen LogP contribution in [-0.4, -0.2) is 23.5 Å². The van der Waals surface area contributed by atoms with E-state index >= 15 is 0 Å². The third-order valence-corrected chi connectivity index (χ3v) is 4.77. The highest BCUT2D eigenvalue weighted by Gasteiger charge is 2.36. The molecule has 3 heterocycles. The molecule has 4 aromatic rings. The molecule has 1 aliphatic heterocycles. The molecule has 0 atom stereocenters. The van der Waals surface area contributed by atoms with Gasteiger partial charge in [-0.3, -0.25) is 0 Å². The van der Waals surface area contributed by atoms with Crippen molar-refractivity contribution in [2.75, 3.05) is 6.79 Å². The van der Waals surface area contributed by atoms with Crippen LogP contribution in [0.25, 0.3) is 33.6 Å². The Labute approximate surface area is 176 Å². The van der Waals surface area contributed by atoms with Crippen molar-refractivity contribution in [3.63, 3.8) is 0 Å². The summed E-state index contributed by atoms with van der Waals surface area (Å²) in [5.74, 6) is 0.714. The maximum absolute atomic E-state index is 14.0. The molecular formula is C21H11F5N2O4. The van der Waals surface area contributed by atoms with Gasteiger partial charge in [0.25, 0.3) is 5.71 Å². The van der Waals surface area contributed by atoms with Crippen LogP contribution in [0, 0.1) is 0 Å². The van der Waals surface area contributed by atoms with Crippen molar-refractivity contribution < 1.29 is 40.7 Å². The van der Waals surface area contributed by atoms with Crippen LogP contribution < -0.4 is 14.2 Å². The van der Waals surface area contributed by atoms with Gasteiger partial charge in [0.15, 0.2) is 11.5 Å². The molecule has 11 heteroatoms. The first kappa shape index (κ1) is 20.0. The molecule has 0 fully saturated rings. The number of benzene rings is 2. The van der Waals surface area contributed by atoms with Crippen molar-refractivity contribution in [3.05, 3.63) is 54.1 Å². The molecule has 6 nitrogen and oxygen atoms in total. The fourth-order valence-corrected chi connectivity index (χ4v) is 3.37. The van der Waals surface area contributed by atoms with E-state index in [0.29, 0.717) is 17.1 Å². The molecule has 164 valence electrons. The van der Waals surface area contributed by atoms with Crippen molar-refractivity contribution in [1.29, 1.82) is 0 Å². The van der Waals surface area contributed by atoms with Crippen LogP contribution in [0.15, 0.2) is 53.1 Å². The molecule has 2 aromatic carbocycles. The molecule has 0 saturated heterocycles. The predicted octanol–water partition coefficient (Wildman–Crippen LogP) is 5.91. The van der Waals surface area contributed by atoms with E-state index < -0.39 is 18.4 Å². The van der Waals surface area contributed by atoms with E-state index in [1.165, 1.54) is 30.3 Å². The number of alkyl halides is 5. The van der Waals surface area contributed by atoms with E-state index in [1.807, 2.05) is 0 Å². The van der Waals surface area contributed by atoms with Gasteiger partial charge < -0.3 is 18.7 Å². The zero-order chi connectivity index (χ0) is 22.5. The zero-order valence-electron chi connectivity index (χ0n) is 15.8. The second kappa shape index (κ2) is 7.36. The molecule has 0 aliphatic carbocycles. The normalized spacial score (nSPS) is 13.2. The van der Waals surface area contributed by atoms with Crippen molar-refractivity contribution in [2.45, 2.75) is 12.8 Å². The van der Waals surface area contributed by atoms with Gasteiger partial charge in [-0.15, -0.1) is 0 Å². The number of hydrogen-bond acceptors (Lipinski definition) is 6. The molecule has 0 amide bonds. The summed E-state index contributed by atoms with van der Waals surface area (Å²) in [6, 6.07) is 10.5. The number of ether oxygens (including phenoxy) is 3. The molecule has 1 aliphatic rings. The Hall–Kier alpha value is -3.89. The van der Waals surface area contributed by atoms with Crippen LogP contribution in [0.5, 0.6) is 17.2 Å². The topological polar surface area (TPSA) is 66.6 Å². The lowest BCUT2D eigenvalue weighted by atomic mass is 10.0. The summed E-state index contributed by atoms with van der Waals surface area (Å²) in [6.07, 6.45) is -4.74. The lowest BCUT2D eigenvalue weighted by Crippen LogP contribution is -2.07. The summed E-state index contributed by atoms with van der Waals surface area (Å²) in [6.45, 7) is -3.01. The molecule has 0 N–H and O–H groups in total. The van der Waals surface area contributed by atoms with Gasteiger partial charge in [-0.1, -0.05) is 5.16 Å². The largest absolute Gasteiger partial charge is 0.454 e. The molecule has 2 aromatic heterocycles. The molecule has 5 rings (SSSR count). The minimum atomic E-state index is -4.74. The van der Waals surface area contributed by atoms with Gasteiger partial charge in [0.2, 0.25) is 6.79 Å². The average molecular weight is 450 g/mol. The zero-order valence-corrected chi connectivity index (χ0v) is 15.8. The Morgan fingerprint density at radius 1 is 0.906 bits per heavy atom. The molecular weight excluding hydrogens is 439 g/mol. The first-order valence-corrected chi connectivity index (χ1v) is 9.12. The van der Waals surface area contributed by atoms with Crippen LogP contribution in [-0.2, 0) is 6.18 Å². The van der Waals surface area contributed by atoms with Gasteiger partial charge in [0, 0.05) is 11.1 Å². The Balaban J connectivity index is 1.63. The summed E-state index contributed by atoms with van der Waals surface area (Å²) in [5.41, 5.74) is -0.858. The van der Waals surface area contributed by atoms with Crippen molar-refractivity contribution in [1.82, 2.24) is 10.1 Å². The Kier molecular flexibility index (Phi) is 4.61. The summed E-state index contributed by atoms with van der Waals surface area (Å²) in [7, 11) is 0. The number of aromatic nitrogens is 2. The van der Waals surface area contributed by atoms with Gasteiger partial charge in [-0.05, 0) is 48.5 Å². The molecule has 32 heavy (non-hydrogen) atoms. The smallest absolute Gasteiger partial charge is 0.417 e. The van der Waals surface area contributed by atoms with E-state index in [0.717, 1.165) is 6.07 Å². The predicted molar refractivity (Wildman–Crippen MR) is 100 cm³/mol. The first-order valence-electron chi connectivity index (χ1n) is 9.12. The molecule has 0 unspecified atom stereocenters. The fourth-order valence-electron chi connectivity index (χ4n) is 3.37. The molecule has 0 saturated carbocycles. The van der Waals surface area contributed by atoms with Crippen LogP contribution in [0.3, 0.4) is 0 Å². The highest BCUT2D eigenvalue weighted by molar-refractivity contribution is 5.94. The summed E-state index contributed by atoms with van der Waals surface area (Å²) in [4.78, 5) is 4.15. The monoisotopic (exact) mass is 450 g/mol. The van der Waals surface area contributed by atoms with E-state index in [4.69, 9.17) is 14.0 Å². The minimum Gasteiger partial charge on any atom is -0.454 e. The SMILES string of the molecule is FC(F)Oc1ccc(-c2cc(C(F)(F)F)c3c(-c4ccc5c(c4)OCO5)noc3n2)cc1. The highest BCUT2D eigenvalue weighted by Crippen LogP contribution is 2.43. The molecule has 0 radical (unpaired) electrons. The number of fused-ring (bicyclic) bond motifs is 2. The summed E-state index contributed by atoms with van der Waals surface area (Å²) < 4.78 is 86.5. The van der Waals surface area contributed by atoms with Crippen LogP contribution in [0.1, 0.15) is 5.56 Å². The highest BCUT2D eigenvalue weighted by atomic mass is 19.4. The summed E-state index contributed by atoms with van der Waals surface area (Å²) in [5, 5.41) is 3.50. The second-order valence-corrected chi connectivity index (χ2v) is 6.74. The quantitative estimate of drug-likeness (QED) is 0.361. The number of halogens is 5. The van der Waals surface area contributed by atoms with Crippen LogP contribution >= 0.6 is 0 Å². The third-order valence-electron chi connectivity index (χ3n) is 4.77. The maximum Gasteiger partial charge on any atom is 0.417 e. The second-order valence-electron chi connectivity index (χ2n) is 6.74. The Bertz CT molecular complexity index is 1300. The van der Waals surface area contributed by atoms with Gasteiger partial charge in [0.1, 0.15) is 11.4 Å². The van der Waals surface area contributed by atoms with Crippen LogP contribution in [0.2, 0.25) is 0 Å². The number of rotatable bonds is 4. The number of hydrogen-bond donors (Lipinski definition) is 0. The minimum absolute atomic E-state index is 0.0121. The van der Waals surface area contributed by atoms with Gasteiger partial charge in [-0.25, -0.2) is 4.98 Å². The molecule has 0 spiro atoms. The number of nitrogens with zero attached hydrogens (tertiary/aromatic N) is 2. The van der Waals surface area contributed by atoms with Crippen molar-refractivity contribution >= 4 is 11.1 Å². The third kappa shape index (κ3) is 3.55. The van der Waals surface area contributed by atoms with Crippen molar-refractivity contribution in [2.24, 2.45) is 0 Å². The standard InChI is InChI=1S/C21H11F5N2O4/c22-20(23)31-12-4-1-10(2-5-12)14-8-13(21(24,25)26)17-18(28-32-19(17)27-14)11-3-6-15-16(7-11)30-9-29-15/h1-8,20H,9H2. The van der Waals surface area contributed by atoms with Crippen LogP contribution in [0.4, 0.5) is 22.0 Å². The average Bonchev–Trinajstić information content (AvgIpc) is 3.38. The van der Waals surface area contributed by atoms with E-state index in [-0.39, 0.29) is 40.6 Å². The molecule has 0 bridgehead atoms. The maximum atomic E-state index is 14.0. The van der Waals surface area contributed by atoms with Crippen molar-refractivity contribution in [3.8, 4) is 39.8 Å². The fraction of sp³-hybridized carbons (Fsp3) is 0.143. The number of pyridine rings is 1. The Morgan fingerprint density at radius 3 is 2.34 bits per heavy atom. The van der Waals surface area contributed by atoms with E-state index in [2.05, 4.69) is 14.9 Å². The lowest BCUT2D eigenvalue weighted by molar-refractivity contribution is -0.136. The lowest BCUT2D eigenvalue weighted by Gasteiger charge is -2.11. The van der Waals surface area contributed by atoms with E-state index in [9.17, 15) is 22.0 Å². The first-order chi connectivity index (χ1) is 15.3. The van der Waals surface area contributed by atoms with E-state index in [1.54, 1.807) is 12.1 Å². The van der Waals surface area contributed by atoms with Gasteiger partial charge in [0.05, 0.1) is 16.6 Å². The van der Waals surface area contributed by atoms with Gasteiger partial charge in [-0.2, -0.15) is 22.0 Å². The van der Waals surface area contributed by atoms with Gasteiger partial charge >= 0.3 is 12.8 Å². The Morgan fingerprint density at radius 2 is 1.62 bits per heavy atom.